The molecule has 0 saturated heterocycles. The fourth-order valence-corrected chi connectivity index (χ4v) is 2.16. The molecule has 0 aliphatic rings. The number of rotatable bonds is 4. The highest BCUT2D eigenvalue weighted by atomic mass is 32.2. The number of thioether (sulfide) groups is 1. The van der Waals surface area contributed by atoms with Crippen molar-refractivity contribution < 1.29 is 9.90 Å². The summed E-state index contributed by atoms with van der Waals surface area (Å²) in [4.78, 5) is 19.6. The lowest BCUT2D eigenvalue weighted by atomic mass is 10.2. The molecule has 0 aliphatic heterocycles. The summed E-state index contributed by atoms with van der Waals surface area (Å²) in [5.41, 5.74) is 0.658. The zero-order valence-electron chi connectivity index (χ0n) is 9.07. The van der Waals surface area contributed by atoms with Crippen molar-refractivity contribution in [2.24, 2.45) is 7.05 Å². The van der Waals surface area contributed by atoms with Crippen LogP contribution in [0.25, 0.3) is 0 Å². The van der Waals surface area contributed by atoms with Crippen molar-refractivity contribution >= 4 is 17.7 Å². The van der Waals surface area contributed by atoms with Crippen LogP contribution in [0.3, 0.4) is 0 Å². The number of aromatic nitrogens is 4. The first-order valence-corrected chi connectivity index (χ1v) is 5.79. The lowest BCUT2D eigenvalue weighted by Gasteiger charge is -2.02. The molecule has 0 fully saturated rings. The second-order valence-electron chi connectivity index (χ2n) is 3.33. The van der Waals surface area contributed by atoms with Crippen molar-refractivity contribution in [2.75, 3.05) is 0 Å². The van der Waals surface area contributed by atoms with Crippen molar-refractivity contribution in [2.45, 2.75) is 10.6 Å². The molecule has 0 atom stereocenters. The Morgan fingerprint density at radius 2 is 2.35 bits per heavy atom. The van der Waals surface area contributed by atoms with Gasteiger partial charge >= 0.3 is 5.97 Å². The van der Waals surface area contributed by atoms with Gasteiger partial charge in [-0.1, -0.05) is 0 Å². The van der Waals surface area contributed by atoms with Crippen molar-refractivity contribution in [3.8, 4) is 0 Å². The molecule has 0 amide bonds. The number of nitrogens with zero attached hydrogens (tertiary/aromatic N) is 4. The molecule has 2 heterocycles. The maximum Gasteiger partial charge on any atom is 0.339 e. The third kappa shape index (κ3) is 2.82. The highest BCUT2D eigenvalue weighted by Crippen LogP contribution is 2.22. The molecule has 0 radical (unpaired) electrons. The van der Waals surface area contributed by atoms with Crippen molar-refractivity contribution in [3.63, 3.8) is 0 Å². The summed E-state index contributed by atoms with van der Waals surface area (Å²) in [6.45, 7) is 0. The van der Waals surface area contributed by atoms with Gasteiger partial charge in [0.15, 0.2) is 0 Å². The second-order valence-corrected chi connectivity index (χ2v) is 4.38. The normalized spacial score (nSPS) is 10.4. The maximum atomic E-state index is 10.9. The summed E-state index contributed by atoms with van der Waals surface area (Å²) in [5.74, 6) is -0.525. The molecular weight excluding hydrogens is 240 g/mol. The lowest BCUT2D eigenvalue weighted by molar-refractivity contribution is 0.0695. The quantitative estimate of drug-likeness (QED) is 0.821. The lowest BCUT2D eigenvalue weighted by Crippen LogP contribution is -2.04. The van der Waals surface area contributed by atoms with E-state index in [9.17, 15) is 4.79 Å². The molecule has 88 valence electrons. The molecule has 0 aromatic carbocycles. The first-order valence-electron chi connectivity index (χ1n) is 4.80. The molecule has 6 nitrogen and oxygen atoms in total. The third-order valence-corrected chi connectivity index (χ3v) is 3.04. The van der Waals surface area contributed by atoms with Crippen molar-refractivity contribution in [3.05, 3.63) is 36.2 Å². The van der Waals surface area contributed by atoms with Crippen LogP contribution < -0.4 is 0 Å². The highest BCUT2D eigenvalue weighted by molar-refractivity contribution is 7.98. The van der Waals surface area contributed by atoms with Crippen LogP contribution in [0.2, 0.25) is 0 Å². The molecule has 0 saturated carbocycles. The molecule has 2 aromatic rings. The predicted octanol–water partition coefficient (Wildman–Crippen LogP) is 1.20. The number of hydrogen-bond acceptors (Lipinski definition) is 5. The Balaban J connectivity index is 2.11. The van der Waals surface area contributed by atoms with Crippen molar-refractivity contribution in [1.82, 2.24) is 19.7 Å². The monoisotopic (exact) mass is 250 g/mol. The number of aromatic carboxylic acids is 1. The van der Waals surface area contributed by atoms with Gasteiger partial charge in [0.1, 0.15) is 11.9 Å². The zero-order valence-corrected chi connectivity index (χ0v) is 9.89. The van der Waals surface area contributed by atoms with E-state index in [1.54, 1.807) is 10.9 Å². The summed E-state index contributed by atoms with van der Waals surface area (Å²) in [6, 6.07) is 0. The highest BCUT2D eigenvalue weighted by Gasteiger charge is 2.11. The van der Waals surface area contributed by atoms with Gasteiger partial charge in [-0.15, -0.1) is 11.8 Å². The smallest absolute Gasteiger partial charge is 0.339 e. The average Bonchev–Trinajstić information content (AvgIpc) is 2.73. The topological polar surface area (TPSA) is 80.9 Å². The minimum atomic E-state index is -1.01. The number of carboxylic acid groups (broad SMARTS) is 1. The molecule has 0 unspecified atom stereocenters. The van der Waals surface area contributed by atoms with Gasteiger partial charge in [0.05, 0.1) is 11.9 Å². The number of aryl methyl sites for hydroxylation is 1. The standard InChI is InChI=1S/C10H10N4O2S/c1-14-4-7(2-13-14)17-5-9-8(10(15)16)3-11-6-12-9/h2-4,6H,5H2,1H3,(H,15,16). The van der Waals surface area contributed by atoms with Gasteiger partial charge in [-0.3, -0.25) is 4.68 Å². The maximum absolute atomic E-state index is 10.9. The van der Waals surface area contributed by atoms with E-state index in [2.05, 4.69) is 15.1 Å². The van der Waals surface area contributed by atoms with E-state index in [0.29, 0.717) is 11.4 Å². The number of carboxylic acids is 1. The number of hydrogen-bond donors (Lipinski definition) is 1. The minimum absolute atomic E-state index is 0.142. The van der Waals surface area contributed by atoms with Crippen LogP contribution in [-0.2, 0) is 12.8 Å². The van der Waals surface area contributed by atoms with Gasteiger partial charge in [-0.05, 0) is 0 Å². The van der Waals surface area contributed by atoms with Crippen LogP contribution in [0, 0.1) is 0 Å². The summed E-state index contributed by atoms with van der Waals surface area (Å²) >= 11 is 1.49. The molecule has 2 rings (SSSR count). The molecule has 0 spiro atoms. The van der Waals surface area contributed by atoms with Crippen LogP contribution in [0.4, 0.5) is 0 Å². The molecule has 1 N–H and O–H groups in total. The van der Waals surface area contributed by atoms with Gasteiger partial charge in [0.2, 0.25) is 0 Å². The Labute approximate surface area is 102 Å². The van der Waals surface area contributed by atoms with E-state index >= 15 is 0 Å². The van der Waals surface area contributed by atoms with E-state index < -0.39 is 5.97 Å². The van der Waals surface area contributed by atoms with Gasteiger partial charge in [-0.2, -0.15) is 5.10 Å². The molecular formula is C10H10N4O2S. The van der Waals surface area contributed by atoms with Crippen LogP contribution >= 0.6 is 11.8 Å². The van der Waals surface area contributed by atoms with E-state index in [-0.39, 0.29) is 5.56 Å². The van der Waals surface area contributed by atoms with E-state index in [1.807, 2.05) is 13.2 Å². The van der Waals surface area contributed by atoms with E-state index in [4.69, 9.17) is 5.11 Å². The second kappa shape index (κ2) is 4.96. The van der Waals surface area contributed by atoms with Crippen LogP contribution in [0.15, 0.2) is 29.8 Å². The van der Waals surface area contributed by atoms with Crippen molar-refractivity contribution in [1.29, 1.82) is 0 Å². The van der Waals surface area contributed by atoms with Crippen LogP contribution in [0.5, 0.6) is 0 Å². The summed E-state index contributed by atoms with van der Waals surface area (Å²) in [6.07, 6.45) is 6.26. The molecule has 2 aromatic heterocycles. The third-order valence-electron chi connectivity index (χ3n) is 2.08. The Morgan fingerprint density at radius 3 is 3.00 bits per heavy atom. The van der Waals surface area contributed by atoms with E-state index in [1.165, 1.54) is 24.3 Å². The number of carbonyl (C=O) groups is 1. The summed E-state index contributed by atoms with van der Waals surface area (Å²) < 4.78 is 1.69. The fourth-order valence-electron chi connectivity index (χ4n) is 1.27. The Kier molecular flexibility index (Phi) is 3.38. The summed E-state index contributed by atoms with van der Waals surface area (Å²) in [5, 5.41) is 13.0. The Bertz CT molecular complexity index is 541. The Hall–Kier alpha value is -1.89. The Morgan fingerprint density at radius 1 is 1.53 bits per heavy atom. The van der Waals surface area contributed by atoms with Gasteiger partial charge in [0, 0.05) is 30.1 Å². The molecule has 0 bridgehead atoms. The molecule has 0 aliphatic carbocycles. The SMILES string of the molecule is Cn1cc(SCc2ncncc2C(=O)O)cn1. The van der Waals surface area contributed by atoms with Crippen LogP contribution in [0.1, 0.15) is 16.1 Å². The van der Waals surface area contributed by atoms with E-state index in [0.717, 1.165) is 4.90 Å². The predicted molar refractivity (Wildman–Crippen MR) is 61.8 cm³/mol. The van der Waals surface area contributed by atoms with Gasteiger partial charge in [0.25, 0.3) is 0 Å². The minimum Gasteiger partial charge on any atom is -0.478 e. The zero-order chi connectivity index (χ0) is 12.3. The van der Waals surface area contributed by atoms with Gasteiger partial charge < -0.3 is 5.11 Å². The average molecular weight is 250 g/mol. The summed E-state index contributed by atoms with van der Waals surface area (Å²) in [7, 11) is 1.83. The molecule has 7 heteroatoms. The van der Waals surface area contributed by atoms with Gasteiger partial charge in [-0.25, -0.2) is 14.8 Å². The van der Waals surface area contributed by atoms with Crippen LogP contribution in [-0.4, -0.2) is 30.8 Å². The molecule has 17 heavy (non-hydrogen) atoms. The fraction of sp³-hybridized carbons (Fsp3) is 0.200. The first-order chi connectivity index (χ1) is 8.16. The first kappa shape index (κ1) is 11.6. The largest absolute Gasteiger partial charge is 0.478 e.